The molecule has 0 rings (SSSR count). The topological polar surface area (TPSA) is 97.6 Å². The Morgan fingerprint density at radius 3 is 1.65 bits per heavy atom. The zero-order chi connectivity index (χ0) is 13.7. The molecule has 0 saturated carbocycles. The third-order valence-corrected chi connectivity index (χ3v) is 9.24. The van der Waals surface area contributed by atoms with Crippen LogP contribution in [-0.2, 0) is 17.1 Å². The van der Waals surface area contributed by atoms with Crippen LogP contribution >= 0.6 is 0 Å². The Morgan fingerprint density at radius 2 is 1.29 bits per heavy atom. The van der Waals surface area contributed by atoms with Crippen LogP contribution in [0.25, 0.3) is 0 Å². The molecule has 17 heavy (non-hydrogen) atoms. The van der Waals surface area contributed by atoms with E-state index >= 15 is 0 Å². The first-order valence-corrected chi connectivity index (χ1v) is 12.2. The Balaban J connectivity index is 4.71. The Labute approximate surface area is 105 Å². The molecule has 0 spiro atoms. The van der Waals surface area contributed by atoms with Crippen LogP contribution in [0.2, 0.25) is 19.6 Å². The van der Waals surface area contributed by atoms with Gasteiger partial charge in [0.15, 0.2) is 0 Å². The van der Waals surface area contributed by atoms with Crippen molar-refractivity contribution in [2.45, 2.75) is 33.5 Å². The van der Waals surface area contributed by atoms with E-state index in [0.29, 0.717) is 6.61 Å². The molecule has 0 fully saturated rings. The maximum atomic E-state index is 9.89. The molecule has 0 radical (unpaired) electrons. The fourth-order valence-corrected chi connectivity index (χ4v) is 9.20. The minimum absolute atomic E-state index is 0.282. The van der Waals surface area contributed by atoms with Crippen LogP contribution in [0.15, 0.2) is 0 Å². The summed E-state index contributed by atoms with van der Waals surface area (Å²) >= 11 is 0. The quantitative estimate of drug-likeness (QED) is 0.533. The van der Waals surface area contributed by atoms with Crippen LogP contribution in [0.3, 0.4) is 0 Å². The molecule has 7 nitrogen and oxygen atoms in total. The molecular formula is C7H22O7Si3. The predicted octanol–water partition coefficient (Wildman–Crippen LogP) is -0.224. The summed E-state index contributed by atoms with van der Waals surface area (Å²) in [6.07, 6.45) is 0. The van der Waals surface area contributed by atoms with E-state index in [1.54, 1.807) is 13.8 Å². The Morgan fingerprint density at radius 1 is 0.824 bits per heavy atom. The molecule has 0 aromatic heterocycles. The van der Waals surface area contributed by atoms with Gasteiger partial charge in [-0.15, -0.1) is 0 Å². The van der Waals surface area contributed by atoms with Crippen LogP contribution in [0, 0.1) is 0 Å². The Hall–Kier alpha value is 0.371. The molecular weight excluding hydrogens is 280 g/mol. The van der Waals surface area contributed by atoms with Crippen molar-refractivity contribution in [3.8, 4) is 0 Å². The van der Waals surface area contributed by atoms with Gasteiger partial charge >= 0.3 is 26.4 Å². The van der Waals surface area contributed by atoms with Gasteiger partial charge in [0.2, 0.25) is 0 Å². The van der Waals surface area contributed by atoms with Gasteiger partial charge < -0.3 is 31.5 Å². The van der Waals surface area contributed by atoms with Crippen molar-refractivity contribution in [2.24, 2.45) is 0 Å². The normalized spacial score (nSPS) is 19.8. The van der Waals surface area contributed by atoms with E-state index in [0.717, 1.165) is 0 Å². The van der Waals surface area contributed by atoms with Crippen molar-refractivity contribution >= 4 is 26.4 Å². The zero-order valence-electron chi connectivity index (χ0n) is 10.9. The molecule has 0 aromatic carbocycles. The van der Waals surface area contributed by atoms with Crippen LogP contribution in [0.1, 0.15) is 13.8 Å². The number of rotatable bonds is 8. The van der Waals surface area contributed by atoms with Gasteiger partial charge in [-0.3, -0.25) is 0 Å². The molecule has 0 amide bonds. The largest absolute Gasteiger partial charge is 0.487 e. The molecule has 0 aliphatic heterocycles. The highest BCUT2D eigenvalue weighted by atomic mass is 28.5. The summed E-state index contributed by atoms with van der Waals surface area (Å²) in [6, 6.07) is 0. The van der Waals surface area contributed by atoms with E-state index in [9.17, 15) is 14.4 Å². The van der Waals surface area contributed by atoms with Crippen molar-refractivity contribution in [2.75, 3.05) is 13.2 Å². The second-order valence-electron chi connectivity index (χ2n) is 3.76. The average Bonchev–Trinajstić information content (AvgIpc) is 1.96. The molecule has 104 valence electrons. The first-order valence-electron chi connectivity index (χ1n) is 5.39. The second kappa shape index (κ2) is 6.51. The third-order valence-electron chi connectivity index (χ3n) is 1.57. The lowest BCUT2D eigenvalue weighted by Crippen LogP contribution is -2.59. The summed E-state index contributed by atoms with van der Waals surface area (Å²) < 4.78 is 20.8. The molecule has 3 N–H and O–H groups in total. The van der Waals surface area contributed by atoms with Crippen LogP contribution in [0.5, 0.6) is 0 Å². The van der Waals surface area contributed by atoms with Gasteiger partial charge in [0.05, 0.1) is 0 Å². The summed E-state index contributed by atoms with van der Waals surface area (Å²) in [5.41, 5.74) is 0. The monoisotopic (exact) mass is 302 g/mol. The molecule has 10 heteroatoms. The summed E-state index contributed by atoms with van der Waals surface area (Å²) in [5.74, 6) is 0. The van der Waals surface area contributed by atoms with Crippen molar-refractivity contribution in [3.05, 3.63) is 0 Å². The summed E-state index contributed by atoms with van der Waals surface area (Å²) in [7, 11) is -10.5. The van der Waals surface area contributed by atoms with Gasteiger partial charge in [0.1, 0.15) is 0 Å². The summed E-state index contributed by atoms with van der Waals surface area (Å²) in [5, 5.41) is 0. The fraction of sp³-hybridized carbons (Fsp3) is 1.00. The molecule has 0 aliphatic rings. The van der Waals surface area contributed by atoms with E-state index in [1.807, 2.05) is 0 Å². The molecule has 2 atom stereocenters. The van der Waals surface area contributed by atoms with Crippen molar-refractivity contribution in [3.63, 3.8) is 0 Å². The summed E-state index contributed by atoms with van der Waals surface area (Å²) in [4.78, 5) is 28.6. The van der Waals surface area contributed by atoms with Gasteiger partial charge in [0.25, 0.3) is 0 Å². The Kier molecular flexibility index (Phi) is 6.65. The molecule has 2 unspecified atom stereocenters. The Bertz CT molecular complexity index is 232. The standard InChI is InChI=1S/C7H22O7Si3/c1-6-11-16(4,10)14-17(5,12-7-2)13-15(3,8)9/h8-10H,6-7H2,1-5H3. The second-order valence-corrected chi connectivity index (χ2v) is 11.4. The molecule has 0 heterocycles. The highest BCUT2D eigenvalue weighted by Gasteiger charge is 2.49. The lowest BCUT2D eigenvalue weighted by atomic mass is 10.9. The average molecular weight is 303 g/mol. The van der Waals surface area contributed by atoms with Gasteiger partial charge in [-0.05, 0) is 13.8 Å². The fourth-order valence-electron chi connectivity index (χ4n) is 1.33. The van der Waals surface area contributed by atoms with Crippen LogP contribution in [0.4, 0.5) is 0 Å². The highest BCUT2D eigenvalue weighted by Crippen LogP contribution is 2.19. The van der Waals surface area contributed by atoms with E-state index in [1.165, 1.54) is 19.6 Å². The molecule has 0 aromatic rings. The molecule has 0 aliphatic carbocycles. The molecule has 0 saturated heterocycles. The van der Waals surface area contributed by atoms with Crippen molar-refractivity contribution in [1.82, 2.24) is 0 Å². The number of hydrogen-bond donors (Lipinski definition) is 3. The first kappa shape index (κ1) is 17.4. The van der Waals surface area contributed by atoms with Gasteiger partial charge in [-0.1, -0.05) is 0 Å². The lowest BCUT2D eigenvalue weighted by molar-refractivity contribution is 0.0871. The SMILES string of the molecule is CCO[Si](C)(O)O[Si](C)(OCC)O[Si](C)(O)O. The minimum Gasteiger partial charge on any atom is -0.390 e. The van der Waals surface area contributed by atoms with Gasteiger partial charge in [-0.25, -0.2) is 0 Å². The van der Waals surface area contributed by atoms with Crippen molar-refractivity contribution in [1.29, 1.82) is 0 Å². The van der Waals surface area contributed by atoms with E-state index < -0.39 is 26.4 Å². The maximum absolute atomic E-state index is 9.89. The highest BCUT2D eigenvalue weighted by molar-refractivity contribution is 6.78. The number of hydrogen-bond acceptors (Lipinski definition) is 7. The van der Waals surface area contributed by atoms with Gasteiger partial charge in [0, 0.05) is 32.9 Å². The maximum Gasteiger partial charge on any atom is 0.487 e. The minimum atomic E-state index is -3.79. The first-order chi connectivity index (χ1) is 7.54. The van der Waals surface area contributed by atoms with Crippen molar-refractivity contribution < 1.29 is 31.5 Å². The van der Waals surface area contributed by atoms with Crippen LogP contribution < -0.4 is 0 Å². The summed E-state index contributed by atoms with van der Waals surface area (Å²) in [6.45, 7) is 8.13. The van der Waals surface area contributed by atoms with E-state index in [4.69, 9.17) is 17.1 Å². The van der Waals surface area contributed by atoms with Crippen LogP contribution in [-0.4, -0.2) is 54.0 Å². The van der Waals surface area contributed by atoms with E-state index in [-0.39, 0.29) is 6.61 Å². The smallest absolute Gasteiger partial charge is 0.390 e. The van der Waals surface area contributed by atoms with E-state index in [2.05, 4.69) is 0 Å². The third kappa shape index (κ3) is 8.15. The molecule has 0 bridgehead atoms. The lowest BCUT2D eigenvalue weighted by Gasteiger charge is -2.33. The zero-order valence-corrected chi connectivity index (χ0v) is 13.9. The predicted molar refractivity (Wildman–Crippen MR) is 66.9 cm³/mol. The van der Waals surface area contributed by atoms with Gasteiger partial charge in [-0.2, -0.15) is 0 Å².